The Morgan fingerprint density at radius 2 is 2.31 bits per heavy atom. The zero-order valence-corrected chi connectivity index (χ0v) is 9.43. The molecular weight excluding hydrogens is 182 g/mol. The van der Waals surface area contributed by atoms with Crippen molar-refractivity contribution < 1.29 is 4.74 Å². The van der Waals surface area contributed by atoms with Crippen molar-refractivity contribution >= 4 is 12.6 Å². The van der Waals surface area contributed by atoms with Crippen molar-refractivity contribution in [2.45, 2.75) is 19.8 Å². The Morgan fingerprint density at radius 1 is 1.46 bits per heavy atom. The van der Waals surface area contributed by atoms with E-state index in [0.29, 0.717) is 0 Å². The van der Waals surface area contributed by atoms with Gasteiger partial charge in [-0.25, -0.2) is 0 Å². The van der Waals surface area contributed by atoms with Crippen LogP contribution < -0.4 is 0 Å². The van der Waals surface area contributed by atoms with E-state index in [1.54, 1.807) is 0 Å². The molecule has 0 amide bonds. The zero-order valence-electron chi connectivity index (χ0n) is 8.54. The summed E-state index contributed by atoms with van der Waals surface area (Å²) in [6.45, 7) is 7.59. The molecule has 1 rings (SSSR count). The fourth-order valence-corrected chi connectivity index (χ4v) is 1.98. The van der Waals surface area contributed by atoms with Crippen LogP contribution in [0.25, 0.3) is 0 Å². The molecule has 1 saturated heterocycles. The van der Waals surface area contributed by atoms with Gasteiger partial charge < -0.3 is 9.64 Å². The van der Waals surface area contributed by atoms with Gasteiger partial charge in [-0.1, -0.05) is 6.92 Å². The molecule has 0 aromatic carbocycles. The van der Waals surface area contributed by atoms with Crippen LogP contribution in [0.3, 0.4) is 0 Å². The van der Waals surface area contributed by atoms with E-state index in [4.69, 9.17) is 4.74 Å². The lowest BCUT2D eigenvalue weighted by atomic mass is 10.0. The van der Waals surface area contributed by atoms with Crippen LogP contribution in [0.1, 0.15) is 19.8 Å². The van der Waals surface area contributed by atoms with Crippen molar-refractivity contribution in [3.05, 3.63) is 0 Å². The van der Waals surface area contributed by atoms with E-state index in [9.17, 15) is 0 Å². The standard InChI is InChI=1S/C10H21NOS/c1-10-3-2-4-11(9-10)5-6-12-7-8-13/h10,13H,2-9H2,1H3. The second-order valence-corrected chi connectivity index (χ2v) is 4.33. The Kier molecular flexibility index (Phi) is 5.83. The summed E-state index contributed by atoms with van der Waals surface area (Å²) in [6.07, 6.45) is 2.75. The van der Waals surface area contributed by atoms with E-state index in [1.165, 1.54) is 25.9 Å². The molecule has 0 aromatic heterocycles. The lowest BCUT2D eigenvalue weighted by Gasteiger charge is -2.30. The minimum Gasteiger partial charge on any atom is -0.379 e. The second kappa shape index (κ2) is 6.68. The Hall–Kier alpha value is 0.270. The van der Waals surface area contributed by atoms with Crippen LogP contribution in [0.2, 0.25) is 0 Å². The van der Waals surface area contributed by atoms with E-state index < -0.39 is 0 Å². The van der Waals surface area contributed by atoms with Crippen molar-refractivity contribution in [2.75, 3.05) is 38.6 Å². The number of nitrogens with zero attached hydrogens (tertiary/aromatic N) is 1. The van der Waals surface area contributed by atoms with Gasteiger partial charge in [0.25, 0.3) is 0 Å². The molecule has 1 atom stereocenters. The van der Waals surface area contributed by atoms with E-state index in [2.05, 4.69) is 24.5 Å². The molecule has 1 aliphatic rings. The lowest BCUT2D eigenvalue weighted by molar-refractivity contribution is 0.0959. The third kappa shape index (κ3) is 4.89. The smallest absolute Gasteiger partial charge is 0.0593 e. The van der Waals surface area contributed by atoms with Gasteiger partial charge in [0, 0.05) is 18.8 Å². The fourth-order valence-electron chi connectivity index (χ4n) is 1.85. The maximum atomic E-state index is 5.40. The van der Waals surface area contributed by atoms with Gasteiger partial charge in [0.2, 0.25) is 0 Å². The first-order chi connectivity index (χ1) is 6.33. The van der Waals surface area contributed by atoms with Crippen LogP contribution in [-0.2, 0) is 4.74 Å². The van der Waals surface area contributed by atoms with Gasteiger partial charge >= 0.3 is 0 Å². The van der Waals surface area contributed by atoms with Crippen LogP contribution in [-0.4, -0.2) is 43.5 Å². The van der Waals surface area contributed by atoms with Gasteiger partial charge in [-0.05, 0) is 25.3 Å². The molecule has 1 fully saturated rings. The number of hydrogen-bond donors (Lipinski definition) is 1. The molecule has 3 heteroatoms. The van der Waals surface area contributed by atoms with E-state index in [0.717, 1.165) is 31.4 Å². The number of likely N-dealkylation sites (tertiary alicyclic amines) is 1. The van der Waals surface area contributed by atoms with Crippen LogP contribution >= 0.6 is 12.6 Å². The second-order valence-electron chi connectivity index (χ2n) is 3.88. The highest BCUT2D eigenvalue weighted by Gasteiger charge is 2.15. The molecule has 0 spiro atoms. The first-order valence-corrected chi connectivity index (χ1v) is 5.87. The Morgan fingerprint density at radius 3 is 3.00 bits per heavy atom. The molecule has 13 heavy (non-hydrogen) atoms. The maximum absolute atomic E-state index is 5.40. The van der Waals surface area contributed by atoms with Gasteiger partial charge in [-0.2, -0.15) is 12.6 Å². The van der Waals surface area contributed by atoms with Gasteiger partial charge in [-0.15, -0.1) is 0 Å². The molecule has 0 bridgehead atoms. The van der Waals surface area contributed by atoms with Gasteiger partial charge in [0.1, 0.15) is 0 Å². The van der Waals surface area contributed by atoms with Gasteiger partial charge in [0.05, 0.1) is 13.2 Å². The summed E-state index contributed by atoms with van der Waals surface area (Å²) in [4.78, 5) is 2.51. The van der Waals surface area contributed by atoms with Crippen molar-refractivity contribution in [1.82, 2.24) is 4.90 Å². The SMILES string of the molecule is CC1CCCN(CCOCCS)C1. The normalized spacial score (nSPS) is 24.9. The molecule has 2 nitrogen and oxygen atoms in total. The predicted octanol–water partition coefficient (Wildman–Crippen LogP) is 1.66. The number of thiol groups is 1. The van der Waals surface area contributed by atoms with Gasteiger partial charge in [0.15, 0.2) is 0 Å². The highest BCUT2D eigenvalue weighted by atomic mass is 32.1. The van der Waals surface area contributed by atoms with Crippen molar-refractivity contribution in [1.29, 1.82) is 0 Å². The maximum Gasteiger partial charge on any atom is 0.0593 e. The number of hydrogen-bond acceptors (Lipinski definition) is 3. The highest BCUT2D eigenvalue weighted by Crippen LogP contribution is 2.14. The van der Waals surface area contributed by atoms with E-state index >= 15 is 0 Å². The molecule has 0 saturated carbocycles. The van der Waals surface area contributed by atoms with Crippen molar-refractivity contribution in [3.8, 4) is 0 Å². The summed E-state index contributed by atoms with van der Waals surface area (Å²) in [5.74, 6) is 1.70. The topological polar surface area (TPSA) is 12.5 Å². The van der Waals surface area contributed by atoms with Crippen LogP contribution in [0, 0.1) is 5.92 Å². The first kappa shape index (κ1) is 11.3. The summed E-state index contributed by atoms with van der Waals surface area (Å²) in [7, 11) is 0. The average molecular weight is 203 g/mol. The fraction of sp³-hybridized carbons (Fsp3) is 1.00. The first-order valence-electron chi connectivity index (χ1n) is 5.24. The largest absolute Gasteiger partial charge is 0.379 e. The minimum atomic E-state index is 0.784. The summed E-state index contributed by atoms with van der Waals surface area (Å²) >= 11 is 4.10. The number of rotatable bonds is 5. The Balaban J connectivity index is 2.00. The number of ether oxygens (including phenoxy) is 1. The summed E-state index contributed by atoms with van der Waals surface area (Å²) in [6, 6.07) is 0. The third-order valence-corrected chi connectivity index (χ3v) is 2.71. The molecule has 78 valence electrons. The molecular formula is C10H21NOS. The van der Waals surface area contributed by atoms with Crippen molar-refractivity contribution in [2.24, 2.45) is 5.92 Å². The Labute approximate surface area is 87.0 Å². The van der Waals surface area contributed by atoms with Crippen LogP contribution in [0.15, 0.2) is 0 Å². The monoisotopic (exact) mass is 203 g/mol. The number of piperidine rings is 1. The molecule has 0 aliphatic carbocycles. The summed E-state index contributed by atoms with van der Waals surface area (Å²) in [5.41, 5.74) is 0. The van der Waals surface area contributed by atoms with Crippen molar-refractivity contribution in [3.63, 3.8) is 0 Å². The molecule has 1 aliphatic heterocycles. The zero-order chi connectivity index (χ0) is 9.52. The molecule has 0 N–H and O–H groups in total. The van der Waals surface area contributed by atoms with Gasteiger partial charge in [-0.3, -0.25) is 0 Å². The summed E-state index contributed by atoms with van der Waals surface area (Å²) < 4.78 is 5.40. The highest BCUT2D eigenvalue weighted by molar-refractivity contribution is 7.80. The lowest BCUT2D eigenvalue weighted by Crippen LogP contribution is -2.36. The average Bonchev–Trinajstić information content (AvgIpc) is 2.13. The molecule has 1 unspecified atom stereocenters. The summed E-state index contributed by atoms with van der Waals surface area (Å²) in [5, 5.41) is 0. The molecule has 0 radical (unpaired) electrons. The minimum absolute atomic E-state index is 0.784. The predicted molar refractivity (Wildman–Crippen MR) is 59.5 cm³/mol. The molecule has 0 aromatic rings. The Bertz CT molecular complexity index is 132. The van der Waals surface area contributed by atoms with E-state index in [1.807, 2.05) is 0 Å². The third-order valence-electron chi connectivity index (χ3n) is 2.53. The van der Waals surface area contributed by atoms with E-state index in [-0.39, 0.29) is 0 Å². The van der Waals surface area contributed by atoms with Crippen LogP contribution in [0.4, 0.5) is 0 Å². The quantitative estimate of drug-likeness (QED) is 0.539. The van der Waals surface area contributed by atoms with Crippen LogP contribution in [0.5, 0.6) is 0 Å². The molecule has 1 heterocycles.